The summed E-state index contributed by atoms with van der Waals surface area (Å²) in [7, 11) is 6.55. The summed E-state index contributed by atoms with van der Waals surface area (Å²) in [6.45, 7) is 14.4. The number of oxime groups is 1. The van der Waals surface area contributed by atoms with Crippen molar-refractivity contribution in [3.8, 4) is 0 Å². The average molecular weight is 546 g/mol. The number of rotatable bonds is 9. The molecule has 3 fully saturated rings. The van der Waals surface area contributed by atoms with E-state index in [1.807, 2.05) is 13.8 Å². The summed E-state index contributed by atoms with van der Waals surface area (Å²) in [6.07, 6.45) is 10.9. The maximum absolute atomic E-state index is 13.0. The summed E-state index contributed by atoms with van der Waals surface area (Å²) < 4.78 is 0.917. The molecule has 0 aromatic heterocycles. The van der Waals surface area contributed by atoms with Gasteiger partial charge >= 0.3 is 6.09 Å². The molecule has 39 heavy (non-hydrogen) atoms. The summed E-state index contributed by atoms with van der Waals surface area (Å²) in [5.74, 6) is 2.56. The molecule has 0 aromatic carbocycles. The van der Waals surface area contributed by atoms with Crippen LogP contribution >= 0.6 is 0 Å². The van der Waals surface area contributed by atoms with Gasteiger partial charge in [-0.1, -0.05) is 30.7 Å². The van der Waals surface area contributed by atoms with Crippen molar-refractivity contribution in [2.75, 3.05) is 47.3 Å². The molecule has 3 saturated carbocycles. The molecule has 4 rings (SSSR count). The van der Waals surface area contributed by atoms with Crippen molar-refractivity contribution >= 4 is 11.8 Å². The summed E-state index contributed by atoms with van der Waals surface area (Å²) in [5.41, 5.74) is 3.00. The van der Waals surface area contributed by atoms with E-state index in [9.17, 15) is 9.90 Å². The zero-order valence-electron chi connectivity index (χ0n) is 26.1. The van der Waals surface area contributed by atoms with E-state index >= 15 is 0 Å². The molecule has 0 spiro atoms. The molecule has 0 aliphatic heterocycles. The number of allylic oxidation sites excluding steroid dienone is 1. The summed E-state index contributed by atoms with van der Waals surface area (Å²) >= 11 is 0. The van der Waals surface area contributed by atoms with Crippen molar-refractivity contribution in [3.63, 3.8) is 0 Å². The minimum atomic E-state index is -0.347. The highest BCUT2D eigenvalue weighted by molar-refractivity contribution is 5.85. The van der Waals surface area contributed by atoms with Gasteiger partial charge in [-0.2, -0.15) is 0 Å². The molecule has 7 nitrogen and oxygen atoms in total. The first-order valence-corrected chi connectivity index (χ1v) is 15.7. The van der Waals surface area contributed by atoms with Gasteiger partial charge in [-0.25, -0.2) is 4.79 Å². The van der Waals surface area contributed by atoms with Crippen molar-refractivity contribution in [1.82, 2.24) is 10.2 Å². The zero-order valence-corrected chi connectivity index (χ0v) is 26.1. The number of nitrogens with one attached hydrogen (secondary N) is 1. The normalized spacial score (nSPS) is 36.6. The summed E-state index contributed by atoms with van der Waals surface area (Å²) in [4.78, 5) is 20.4. The topological polar surface area (TPSA) is 74.2 Å². The number of nitrogens with zero attached hydrogens (tertiary/aromatic N) is 3. The number of carbonyl (C=O) groups excluding carboxylic acids is 1. The summed E-state index contributed by atoms with van der Waals surface area (Å²) in [6, 6.07) is 0.0596. The second kappa shape index (κ2) is 11.8. The van der Waals surface area contributed by atoms with Crippen LogP contribution in [0.25, 0.3) is 0 Å². The van der Waals surface area contributed by atoms with Gasteiger partial charge in [0.25, 0.3) is 0 Å². The van der Waals surface area contributed by atoms with Crippen LogP contribution < -0.4 is 5.32 Å². The van der Waals surface area contributed by atoms with Gasteiger partial charge in [0.05, 0.1) is 39.5 Å². The lowest BCUT2D eigenvalue weighted by Crippen LogP contribution is -2.51. The van der Waals surface area contributed by atoms with Gasteiger partial charge in [0.1, 0.15) is 0 Å². The Kier molecular flexibility index (Phi) is 9.24. The smallest absolute Gasteiger partial charge is 0.389 e. The molecule has 0 saturated heterocycles. The van der Waals surface area contributed by atoms with Gasteiger partial charge in [0.2, 0.25) is 0 Å². The lowest BCUT2D eigenvalue weighted by molar-refractivity contribution is -0.869. The molecule has 4 aliphatic rings. The number of fused-ring (bicyclic) bond motifs is 5. The third-order valence-corrected chi connectivity index (χ3v) is 11.2. The molecular formula is C32H57N4O3+. The molecule has 0 radical (unpaired) electrons. The first-order valence-electron chi connectivity index (χ1n) is 15.7. The molecule has 2 N–H and O–H groups in total. The predicted molar refractivity (Wildman–Crippen MR) is 158 cm³/mol. The molecule has 7 atom stereocenters. The molecule has 0 aromatic rings. The van der Waals surface area contributed by atoms with Crippen molar-refractivity contribution < 1.29 is 19.2 Å². The Bertz CT molecular complexity index is 940. The second-order valence-electron chi connectivity index (χ2n) is 14.9. The predicted octanol–water partition coefficient (Wildman–Crippen LogP) is 5.45. The molecule has 222 valence electrons. The van der Waals surface area contributed by atoms with Crippen molar-refractivity contribution in [2.24, 2.45) is 39.7 Å². The molecule has 0 unspecified atom stereocenters. The number of aliphatic hydroxyl groups excluding tert-OH is 1. The highest BCUT2D eigenvalue weighted by Crippen LogP contribution is 2.66. The third kappa shape index (κ3) is 6.41. The van der Waals surface area contributed by atoms with Crippen LogP contribution in [0.3, 0.4) is 0 Å². The zero-order chi connectivity index (χ0) is 28.6. The van der Waals surface area contributed by atoms with Gasteiger partial charge in [-0.05, 0) is 101 Å². The Balaban J connectivity index is 1.36. The van der Waals surface area contributed by atoms with E-state index in [-0.39, 0.29) is 29.1 Å². The van der Waals surface area contributed by atoms with Crippen molar-refractivity contribution in [1.29, 1.82) is 0 Å². The number of hydrogen-bond donors (Lipinski definition) is 2. The first kappa shape index (κ1) is 30.5. The monoisotopic (exact) mass is 545 g/mol. The Morgan fingerprint density at radius 2 is 1.87 bits per heavy atom. The van der Waals surface area contributed by atoms with Crippen molar-refractivity contribution in [3.05, 3.63) is 11.6 Å². The van der Waals surface area contributed by atoms with E-state index < -0.39 is 0 Å². The van der Waals surface area contributed by atoms with Gasteiger partial charge in [-0.3, -0.25) is 4.84 Å². The van der Waals surface area contributed by atoms with Crippen LogP contribution in [0, 0.1) is 34.5 Å². The molecule has 1 amide bonds. The van der Waals surface area contributed by atoms with Crippen LogP contribution in [0.2, 0.25) is 0 Å². The maximum atomic E-state index is 13.0. The quantitative estimate of drug-likeness (QED) is 0.101. The Labute approximate surface area is 238 Å². The number of likely N-dealkylation sites (N-methyl/N-ethyl adjacent to an activating group) is 1. The number of aliphatic hydroxyl groups is 1. The molecule has 0 heterocycles. The first-order chi connectivity index (χ1) is 18.3. The summed E-state index contributed by atoms with van der Waals surface area (Å²) in [5, 5.41) is 18.2. The number of amides is 1. The van der Waals surface area contributed by atoms with E-state index in [2.05, 4.69) is 58.5 Å². The standard InChI is InChI=1S/C32H57N4O3/c1-22(2)35(19-17-33-18-20-36(6,7)8)30(38)39-34-23(3)27-11-12-28-26-10-9-24-21-25(37)13-15-31(24,4)29(26)14-16-32(27,28)5/h21-22,25-29,33,37H,9-20H2,1-8H3/q+1/b34-23+/t25-,26+,27-,28+,29+,31+,32-/m1/s1. The van der Waals surface area contributed by atoms with Crippen LogP contribution in [-0.2, 0) is 4.84 Å². The van der Waals surface area contributed by atoms with E-state index in [0.29, 0.717) is 18.4 Å². The molecule has 4 aliphatic carbocycles. The van der Waals surface area contributed by atoms with Gasteiger partial charge in [0, 0.05) is 31.6 Å². The second-order valence-corrected chi connectivity index (χ2v) is 14.9. The van der Waals surface area contributed by atoms with E-state index in [1.165, 1.54) is 31.3 Å². The van der Waals surface area contributed by atoms with Gasteiger partial charge in [-0.15, -0.1) is 0 Å². The highest BCUT2D eigenvalue weighted by atomic mass is 16.7. The number of hydrogen-bond acceptors (Lipinski definition) is 5. The van der Waals surface area contributed by atoms with Crippen molar-refractivity contribution in [2.45, 2.75) is 98.1 Å². The largest absolute Gasteiger partial charge is 0.436 e. The Hall–Kier alpha value is -1.44. The molecule has 0 bridgehead atoms. The fourth-order valence-electron chi connectivity index (χ4n) is 8.92. The Morgan fingerprint density at radius 3 is 2.56 bits per heavy atom. The lowest BCUT2D eigenvalue weighted by Gasteiger charge is -2.58. The number of quaternary nitrogens is 1. The van der Waals surface area contributed by atoms with E-state index in [1.54, 1.807) is 4.90 Å². The van der Waals surface area contributed by atoms with Crippen LogP contribution in [-0.4, -0.2) is 85.8 Å². The van der Waals surface area contributed by atoms with E-state index in [0.717, 1.165) is 67.3 Å². The lowest BCUT2D eigenvalue weighted by atomic mass is 9.46. The van der Waals surface area contributed by atoms with Crippen LogP contribution in [0.4, 0.5) is 4.79 Å². The number of carbonyl (C=O) groups is 1. The van der Waals surface area contributed by atoms with Gasteiger partial charge < -0.3 is 19.8 Å². The fourth-order valence-corrected chi connectivity index (χ4v) is 8.92. The van der Waals surface area contributed by atoms with Crippen LogP contribution in [0.15, 0.2) is 16.8 Å². The van der Waals surface area contributed by atoms with E-state index in [4.69, 9.17) is 4.84 Å². The fraction of sp³-hybridized carbons (Fsp3) is 0.875. The Morgan fingerprint density at radius 1 is 1.13 bits per heavy atom. The van der Waals surface area contributed by atoms with Crippen LogP contribution in [0.5, 0.6) is 0 Å². The highest BCUT2D eigenvalue weighted by Gasteiger charge is 2.59. The van der Waals surface area contributed by atoms with Crippen LogP contribution in [0.1, 0.15) is 86.0 Å². The molecular weight excluding hydrogens is 488 g/mol. The molecule has 7 heteroatoms. The maximum Gasteiger partial charge on any atom is 0.436 e. The minimum absolute atomic E-state index is 0.0596. The minimum Gasteiger partial charge on any atom is -0.389 e. The SMILES string of the molecule is C/C(=N\OC(=O)N(CCNCC[N+](C)(C)C)C(C)C)[C@H]1CC[C@H]2[C@@H]3CCC4=C[C@H](O)CC[C@]4(C)[C@H]3CC[C@]12C. The third-order valence-electron chi connectivity index (χ3n) is 11.2. The van der Waals surface area contributed by atoms with Gasteiger partial charge in [0.15, 0.2) is 0 Å². The average Bonchev–Trinajstić information content (AvgIpc) is 3.21.